The zero-order valence-corrected chi connectivity index (χ0v) is 20.0. The van der Waals surface area contributed by atoms with Crippen molar-refractivity contribution < 1.29 is 13.9 Å². The predicted molar refractivity (Wildman–Crippen MR) is 129 cm³/mol. The number of hydrogen-bond acceptors (Lipinski definition) is 5. The molecule has 1 amide bonds. The number of rotatable bonds is 4. The van der Waals surface area contributed by atoms with Crippen LogP contribution >= 0.6 is 23.2 Å². The molecular formula is C25H24Cl2N2O4. The summed E-state index contributed by atoms with van der Waals surface area (Å²) in [6, 6.07) is 8.30. The number of halogens is 2. The Balaban J connectivity index is 1.64. The van der Waals surface area contributed by atoms with Gasteiger partial charge < -0.3 is 14.1 Å². The fourth-order valence-electron chi connectivity index (χ4n) is 4.61. The fraction of sp³-hybridized carbons (Fsp3) is 0.360. The molecule has 0 N–H and O–H groups in total. The third kappa shape index (κ3) is 3.95. The SMILES string of the molecule is Cc1cc2oc3c(c(=O)c2cc1C)C(c1ccc(Cl)c(Cl)c1)N(CCN1CCOCC1)C3=O. The van der Waals surface area contributed by atoms with Crippen LogP contribution in [0.15, 0.2) is 39.5 Å². The second-order valence-electron chi connectivity index (χ2n) is 8.64. The lowest BCUT2D eigenvalue weighted by Gasteiger charge is -2.31. The normalized spacial score (nSPS) is 18.8. The van der Waals surface area contributed by atoms with Gasteiger partial charge in [0, 0.05) is 26.2 Å². The van der Waals surface area contributed by atoms with Crippen molar-refractivity contribution in [1.29, 1.82) is 0 Å². The number of hydrogen-bond donors (Lipinski definition) is 0. The van der Waals surface area contributed by atoms with Gasteiger partial charge in [-0.25, -0.2) is 0 Å². The minimum absolute atomic E-state index is 0.105. The van der Waals surface area contributed by atoms with Crippen molar-refractivity contribution in [3.8, 4) is 0 Å². The maximum absolute atomic E-state index is 13.7. The van der Waals surface area contributed by atoms with E-state index in [0.717, 1.165) is 29.8 Å². The van der Waals surface area contributed by atoms with Crippen molar-refractivity contribution in [2.45, 2.75) is 19.9 Å². The summed E-state index contributed by atoms with van der Waals surface area (Å²) in [6.45, 7) is 8.00. The van der Waals surface area contributed by atoms with Crippen LogP contribution in [0.5, 0.6) is 0 Å². The zero-order valence-electron chi connectivity index (χ0n) is 18.5. The number of ether oxygens (including phenoxy) is 1. The van der Waals surface area contributed by atoms with Crippen molar-refractivity contribution in [3.63, 3.8) is 0 Å². The smallest absolute Gasteiger partial charge is 0.290 e. The van der Waals surface area contributed by atoms with Gasteiger partial charge in [0.25, 0.3) is 5.91 Å². The van der Waals surface area contributed by atoms with Crippen molar-refractivity contribution in [3.05, 3.63) is 78.6 Å². The summed E-state index contributed by atoms with van der Waals surface area (Å²) in [6.07, 6.45) is 0. The number of aryl methyl sites for hydroxylation is 2. The van der Waals surface area contributed by atoms with Crippen molar-refractivity contribution in [2.24, 2.45) is 0 Å². The highest BCUT2D eigenvalue weighted by atomic mass is 35.5. The van der Waals surface area contributed by atoms with Gasteiger partial charge in [0.1, 0.15) is 5.58 Å². The molecule has 2 aliphatic rings. The maximum Gasteiger partial charge on any atom is 0.290 e. The largest absolute Gasteiger partial charge is 0.450 e. The van der Waals surface area contributed by atoms with Crippen molar-refractivity contribution >= 4 is 40.1 Å². The van der Waals surface area contributed by atoms with Gasteiger partial charge in [-0.3, -0.25) is 14.5 Å². The first-order chi connectivity index (χ1) is 15.8. The van der Waals surface area contributed by atoms with Gasteiger partial charge in [0.05, 0.1) is 40.3 Å². The molecule has 3 heterocycles. The molecule has 1 aromatic heterocycles. The van der Waals surface area contributed by atoms with E-state index >= 15 is 0 Å². The second kappa shape index (κ2) is 8.76. The molecule has 5 rings (SSSR count). The van der Waals surface area contributed by atoms with Gasteiger partial charge >= 0.3 is 0 Å². The predicted octanol–water partition coefficient (Wildman–Crippen LogP) is 4.59. The number of fused-ring (bicyclic) bond motifs is 2. The Morgan fingerprint density at radius 1 is 0.970 bits per heavy atom. The van der Waals surface area contributed by atoms with E-state index in [2.05, 4.69) is 4.90 Å². The molecule has 1 saturated heterocycles. The molecule has 0 aliphatic carbocycles. The molecule has 1 atom stereocenters. The maximum atomic E-state index is 13.7. The number of carbonyl (C=O) groups is 1. The minimum atomic E-state index is -0.592. The first-order valence-electron chi connectivity index (χ1n) is 11.0. The lowest BCUT2D eigenvalue weighted by Crippen LogP contribution is -2.42. The highest BCUT2D eigenvalue weighted by Gasteiger charge is 2.43. The number of amides is 1. The average molecular weight is 487 g/mol. The molecule has 1 fully saturated rings. The molecule has 2 aromatic carbocycles. The number of morpholine rings is 1. The zero-order chi connectivity index (χ0) is 23.3. The Morgan fingerprint density at radius 3 is 2.42 bits per heavy atom. The molecule has 172 valence electrons. The molecule has 0 bridgehead atoms. The van der Waals surface area contributed by atoms with Crippen LogP contribution in [-0.4, -0.2) is 55.1 Å². The topological polar surface area (TPSA) is 63.0 Å². The standard InChI is InChI=1S/C25H24Cl2N2O4/c1-14-11-17-20(12-15(14)2)33-24-21(23(17)30)22(16-3-4-18(26)19(27)13-16)29(25(24)31)6-5-28-7-9-32-10-8-28/h3-4,11-13,22H,5-10H2,1-2H3. The van der Waals surface area contributed by atoms with Gasteiger partial charge in [-0.1, -0.05) is 29.3 Å². The van der Waals surface area contributed by atoms with E-state index in [9.17, 15) is 9.59 Å². The van der Waals surface area contributed by atoms with E-state index < -0.39 is 6.04 Å². The number of nitrogens with zero attached hydrogens (tertiary/aromatic N) is 2. The highest BCUT2D eigenvalue weighted by molar-refractivity contribution is 6.42. The van der Waals surface area contributed by atoms with Gasteiger partial charge in [-0.05, 0) is 54.8 Å². The van der Waals surface area contributed by atoms with Gasteiger partial charge in [-0.15, -0.1) is 0 Å². The van der Waals surface area contributed by atoms with E-state index in [1.807, 2.05) is 32.0 Å². The lowest BCUT2D eigenvalue weighted by molar-refractivity contribution is 0.0314. The summed E-state index contributed by atoms with van der Waals surface area (Å²) in [7, 11) is 0. The average Bonchev–Trinajstić information content (AvgIpc) is 3.08. The summed E-state index contributed by atoms with van der Waals surface area (Å²) in [5.74, 6) is -0.180. The summed E-state index contributed by atoms with van der Waals surface area (Å²) < 4.78 is 11.5. The van der Waals surface area contributed by atoms with E-state index in [1.54, 1.807) is 17.0 Å². The third-order valence-corrected chi connectivity index (χ3v) is 7.34. The van der Waals surface area contributed by atoms with Crippen LogP contribution in [0.3, 0.4) is 0 Å². The first-order valence-corrected chi connectivity index (χ1v) is 11.7. The van der Waals surface area contributed by atoms with E-state index in [4.69, 9.17) is 32.4 Å². The molecule has 0 spiro atoms. The summed E-state index contributed by atoms with van der Waals surface area (Å²) in [5.41, 5.74) is 3.33. The fourth-order valence-corrected chi connectivity index (χ4v) is 4.92. The van der Waals surface area contributed by atoms with Crippen LogP contribution in [0.2, 0.25) is 10.0 Å². The van der Waals surface area contributed by atoms with Gasteiger partial charge in [-0.2, -0.15) is 0 Å². The lowest BCUT2D eigenvalue weighted by atomic mass is 9.97. The van der Waals surface area contributed by atoms with E-state index in [0.29, 0.717) is 52.9 Å². The summed E-state index contributed by atoms with van der Waals surface area (Å²) in [5, 5.41) is 1.27. The molecule has 8 heteroatoms. The molecule has 6 nitrogen and oxygen atoms in total. The molecule has 33 heavy (non-hydrogen) atoms. The molecular weight excluding hydrogens is 463 g/mol. The van der Waals surface area contributed by atoms with Crippen LogP contribution in [-0.2, 0) is 4.74 Å². The Kier molecular flexibility index (Phi) is 5.95. The third-order valence-electron chi connectivity index (χ3n) is 6.60. The second-order valence-corrected chi connectivity index (χ2v) is 9.45. The molecule has 1 unspecified atom stereocenters. The Labute approximate surface area is 201 Å². The molecule has 2 aliphatic heterocycles. The van der Waals surface area contributed by atoms with Crippen LogP contribution in [0, 0.1) is 13.8 Å². The van der Waals surface area contributed by atoms with Crippen LogP contribution in [0.1, 0.15) is 38.9 Å². The first kappa shape index (κ1) is 22.4. The van der Waals surface area contributed by atoms with Gasteiger partial charge in [0.15, 0.2) is 5.43 Å². The molecule has 3 aromatic rings. The van der Waals surface area contributed by atoms with Crippen LogP contribution in [0.25, 0.3) is 11.0 Å². The number of carbonyl (C=O) groups excluding carboxylic acids is 1. The number of benzene rings is 2. The van der Waals surface area contributed by atoms with Crippen LogP contribution in [0.4, 0.5) is 0 Å². The van der Waals surface area contributed by atoms with Crippen molar-refractivity contribution in [1.82, 2.24) is 9.80 Å². The molecule has 0 radical (unpaired) electrons. The summed E-state index contributed by atoms with van der Waals surface area (Å²) in [4.78, 5) is 31.2. The Morgan fingerprint density at radius 2 is 1.70 bits per heavy atom. The monoisotopic (exact) mass is 486 g/mol. The van der Waals surface area contributed by atoms with E-state index in [-0.39, 0.29) is 17.1 Å². The summed E-state index contributed by atoms with van der Waals surface area (Å²) >= 11 is 12.5. The van der Waals surface area contributed by atoms with Gasteiger partial charge in [0.2, 0.25) is 5.76 Å². The van der Waals surface area contributed by atoms with Crippen molar-refractivity contribution in [2.75, 3.05) is 39.4 Å². The van der Waals surface area contributed by atoms with Crippen LogP contribution < -0.4 is 5.43 Å². The minimum Gasteiger partial charge on any atom is -0.450 e. The Hall–Kier alpha value is -2.38. The molecule has 0 saturated carbocycles. The quantitative estimate of drug-likeness (QED) is 0.539. The van der Waals surface area contributed by atoms with E-state index in [1.165, 1.54) is 0 Å². The highest BCUT2D eigenvalue weighted by Crippen LogP contribution is 2.40. The Bertz CT molecular complexity index is 1310.